The molecule has 0 saturated carbocycles. The number of anilines is 3. The molecular formula is C33H25N5O5S2. The highest BCUT2D eigenvalue weighted by atomic mass is 32.3. The lowest BCUT2D eigenvalue weighted by atomic mass is 10.1. The van der Waals surface area contributed by atoms with Crippen molar-refractivity contribution < 1.29 is 21.6 Å². The average Bonchev–Trinajstić information content (AvgIpc) is 3.38. The molecule has 0 atom stereocenters. The van der Waals surface area contributed by atoms with Gasteiger partial charge >= 0.3 is 0 Å². The first-order chi connectivity index (χ1) is 21.7. The number of hydrogen-bond acceptors (Lipinski definition) is 8. The van der Waals surface area contributed by atoms with E-state index < -0.39 is 20.0 Å². The Morgan fingerprint density at radius 2 is 1.27 bits per heavy atom. The monoisotopic (exact) mass is 635 g/mol. The van der Waals surface area contributed by atoms with Gasteiger partial charge in [-0.15, -0.1) is 0 Å². The lowest BCUT2D eigenvalue weighted by molar-refractivity contribution is 0.483. The highest BCUT2D eigenvalue weighted by Crippen LogP contribution is 2.39. The molecule has 0 aliphatic carbocycles. The van der Waals surface area contributed by atoms with E-state index in [1.54, 1.807) is 43.3 Å². The second-order valence-electron chi connectivity index (χ2n) is 9.88. The van der Waals surface area contributed by atoms with Gasteiger partial charge in [0, 0.05) is 11.3 Å². The summed E-state index contributed by atoms with van der Waals surface area (Å²) in [4.78, 5) is -0.415. The summed E-state index contributed by atoms with van der Waals surface area (Å²) in [6.45, 7) is 1.59. The zero-order valence-electron chi connectivity index (χ0n) is 23.8. The number of hydrogen-bond donors (Lipinski definition) is 1. The summed E-state index contributed by atoms with van der Waals surface area (Å²) in [5, 5.41) is 17.5. The van der Waals surface area contributed by atoms with Crippen LogP contribution in [0.15, 0.2) is 137 Å². The van der Waals surface area contributed by atoms with Crippen LogP contribution in [0.4, 0.5) is 17.1 Å². The van der Waals surface area contributed by atoms with Crippen molar-refractivity contribution in [1.82, 2.24) is 9.61 Å². The van der Waals surface area contributed by atoms with E-state index in [-0.39, 0.29) is 26.6 Å². The predicted octanol–water partition coefficient (Wildman–Crippen LogP) is 6.63. The number of benzene rings is 4. The highest BCUT2D eigenvalue weighted by molar-refractivity contribution is 8.10. The summed E-state index contributed by atoms with van der Waals surface area (Å²) in [6.07, 6.45) is 2.65. The third kappa shape index (κ3) is 5.58. The molecule has 0 bridgehead atoms. The number of nitrogens with zero attached hydrogens (tertiary/aromatic N) is 4. The minimum absolute atomic E-state index is 0.139. The van der Waals surface area contributed by atoms with Crippen LogP contribution in [0.2, 0.25) is 0 Å². The molecule has 0 fully saturated rings. The number of nitriles is 1. The first-order valence-corrected chi connectivity index (χ1v) is 16.5. The van der Waals surface area contributed by atoms with E-state index in [0.717, 1.165) is 0 Å². The number of aromatic nitrogens is 2. The zero-order valence-corrected chi connectivity index (χ0v) is 25.4. The number of ether oxygens (including phenoxy) is 1. The van der Waals surface area contributed by atoms with Crippen molar-refractivity contribution in [3.05, 3.63) is 139 Å². The molecule has 1 N–H and O–H groups in total. The summed E-state index contributed by atoms with van der Waals surface area (Å²) < 4.78 is 64.0. The van der Waals surface area contributed by atoms with Gasteiger partial charge in [-0.25, -0.2) is 21.4 Å². The summed E-state index contributed by atoms with van der Waals surface area (Å²) in [5.41, 5.74) is 1.55. The van der Waals surface area contributed by atoms with Gasteiger partial charge in [-0.3, -0.25) is 0 Å². The van der Waals surface area contributed by atoms with Crippen LogP contribution in [-0.2, 0) is 20.0 Å². The lowest BCUT2D eigenvalue weighted by Gasteiger charge is -2.24. The minimum atomic E-state index is -4.64. The Morgan fingerprint density at radius 3 is 1.80 bits per heavy atom. The SMILES string of the molecule is Cc1c(N(S(=O)(=O)c2ccccc2)S(=O)(=O)c2ccccc2)cn2ncc(C#N)c(Nc3ccc(Oc4ccccc4)cc3)c12. The van der Waals surface area contributed by atoms with Gasteiger partial charge in [0.1, 0.15) is 17.6 Å². The van der Waals surface area contributed by atoms with E-state index in [9.17, 15) is 22.1 Å². The fourth-order valence-corrected chi connectivity index (χ4v) is 8.63. The first-order valence-electron chi connectivity index (χ1n) is 13.6. The molecule has 0 aliphatic heterocycles. The maximum Gasteiger partial charge on any atom is 0.277 e. The van der Waals surface area contributed by atoms with Gasteiger partial charge < -0.3 is 10.1 Å². The molecule has 0 saturated heterocycles. The van der Waals surface area contributed by atoms with Crippen molar-refractivity contribution in [2.24, 2.45) is 0 Å². The number of aryl methyl sites for hydroxylation is 1. The molecule has 0 spiro atoms. The molecule has 12 heteroatoms. The van der Waals surface area contributed by atoms with E-state index in [0.29, 0.717) is 32.1 Å². The summed E-state index contributed by atoms with van der Waals surface area (Å²) >= 11 is 0. The molecule has 2 aromatic heterocycles. The first kappa shape index (κ1) is 29.4. The normalized spacial score (nSPS) is 11.6. The van der Waals surface area contributed by atoms with Crippen LogP contribution in [0.25, 0.3) is 5.52 Å². The maximum absolute atomic E-state index is 14.1. The van der Waals surface area contributed by atoms with Gasteiger partial charge in [0.25, 0.3) is 20.0 Å². The van der Waals surface area contributed by atoms with Crippen molar-refractivity contribution >= 4 is 42.6 Å². The molecule has 0 amide bonds. The molecule has 6 rings (SSSR count). The number of rotatable bonds is 9. The fraction of sp³-hybridized carbons (Fsp3) is 0.0303. The zero-order chi connectivity index (χ0) is 31.6. The summed E-state index contributed by atoms with van der Waals surface area (Å²) in [7, 11) is -9.29. The van der Waals surface area contributed by atoms with Crippen LogP contribution in [0.3, 0.4) is 0 Å². The van der Waals surface area contributed by atoms with Gasteiger partial charge in [-0.1, -0.05) is 54.6 Å². The quantitative estimate of drug-likeness (QED) is 0.187. The van der Waals surface area contributed by atoms with Crippen LogP contribution in [0.5, 0.6) is 11.5 Å². The van der Waals surface area contributed by atoms with Crippen molar-refractivity contribution in [1.29, 1.82) is 5.26 Å². The summed E-state index contributed by atoms with van der Waals surface area (Å²) in [6, 6.07) is 33.1. The van der Waals surface area contributed by atoms with E-state index in [1.165, 1.54) is 65.4 Å². The van der Waals surface area contributed by atoms with Gasteiger partial charge in [0.2, 0.25) is 0 Å². The van der Waals surface area contributed by atoms with Crippen LogP contribution < -0.4 is 13.8 Å². The lowest BCUT2D eigenvalue weighted by Crippen LogP contribution is -2.37. The fourth-order valence-electron chi connectivity index (χ4n) is 4.81. The van der Waals surface area contributed by atoms with E-state index in [4.69, 9.17) is 4.74 Å². The van der Waals surface area contributed by atoms with Gasteiger partial charge in [-0.05, 0) is 67.6 Å². The number of para-hydroxylation sites is 1. The second kappa shape index (κ2) is 11.8. The molecular weight excluding hydrogens is 611 g/mol. The minimum Gasteiger partial charge on any atom is -0.457 e. The largest absolute Gasteiger partial charge is 0.457 e. The highest BCUT2D eigenvalue weighted by Gasteiger charge is 2.39. The molecule has 0 radical (unpaired) electrons. The number of fused-ring (bicyclic) bond motifs is 1. The third-order valence-corrected chi connectivity index (χ3v) is 11.1. The van der Waals surface area contributed by atoms with Crippen molar-refractivity contribution in [3.63, 3.8) is 0 Å². The Labute approximate surface area is 260 Å². The van der Waals surface area contributed by atoms with Crippen LogP contribution in [-0.4, -0.2) is 26.4 Å². The van der Waals surface area contributed by atoms with Gasteiger partial charge in [0.05, 0.1) is 44.6 Å². The molecule has 10 nitrogen and oxygen atoms in total. The average molecular weight is 636 g/mol. The Hall–Kier alpha value is -5.64. The van der Waals surface area contributed by atoms with Crippen LogP contribution in [0, 0.1) is 18.3 Å². The molecule has 4 aromatic carbocycles. The standard InChI is InChI=1S/C33H25N5O5S2/c1-24-31(38(44(39,40)29-13-7-3-8-14-29)45(41,42)30-15-9-4-10-16-30)23-37-33(24)32(25(21-34)22-35-37)36-26-17-19-28(20-18-26)43-27-11-5-2-6-12-27/h2-20,22-23,36H,1H3. The van der Waals surface area contributed by atoms with Crippen LogP contribution in [0.1, 0.15) is 11.1 Å². The van der Waals surface area contributed by atoms with E-state index >= 15 is 0 Å². The second-order valence-corrected chi connectivity index (χ2v) is 13.7. The maximum atomic E-state index is 14.1. The molecule has 224 valence electrons. The van der Waals surface area contributed by atoms with E-state index in [2.05, 4.69) is 16.5 Å². The molecule has 6 aromatic rings. The molecule has 0 aliphatic rings. The van der Waals surface area contributed by atoms with Crippen molar-refractivity contribution in [2.45, 2.75) is 16.7 Å². The Morgan fingerprint density at radius 1 is 0.756 bits per heavy atom. The number of nitrogens with one attached hydrogen (secondary N) is 1. The Balaban J connectivity index is 1.48. The smallest absolute Gasteiger partial charge is 0.277 e. The van der Waals surface area contributed by atoms with Crippen molar-refractivity contribution in [3.8, 4) is 17.6 Å². The molecule has 45 heavy (non-hydrogen) atoms. The van der Waals surface area contributed by atoms with Crippen molar-refractivity contribution in [2.75, 3.05) is 9.03 Å². The van der Waals surface area contributed by atoms with Gasteiger partial charge in [-0.2, -0.15) is 14.1 Å². The number of sulfonamides is 2. The predicted molar refractivity (Wildman–Crippen MR) is 171 cm³/mol. The van der Waals surface area contributed by atoms with Gasteiger partial charge in [0.15, 0.2) is 0 Å². The Bertz CT molecular complexity index is 2180. The van der Waals surface area contributed by atoms with Crippen LogP contribution >= 0.6 is 0 Å². The Kier molecular flexibility index (Phi) is 7.72. The molecule has 2 heterocycles. The van der Waals surface area contributed by atoms with E-state index in [1.807, 2.05) is 30.3 Å². The topological polar surface area (TPSA) is 134 Å². The summed E-state index contributed by atoms with van der Waals surface area (Å²) in [5.74, 6) is 1.28. The third-order valence-electron chi connectivity index (χ3n) is 6.97. The molecule has 0 unspecified atom stereocenters.